The molecule has 1 heterocycles. The Hall–Kier alpha value is -1.31. The van der Waals surface area contributed by atoms with E-state index in [0.717, 1.165) is 12.4 Å². The first-order chi connectivity index (χ1) is 8.11. The molecule has 0 amide bonds. The van der Waals surface area contributed by atoms with Gasteiger partial charge >= 0.3 is 12.4 Å². The number of aliphatic hydroxyl groups is 1. The fourth-order valence-corrected chi connectivity index (χ4v) is 1.39. The molecule has 1 aromatic rings. The smallest absolute Gasteiger partial charge is 0.388 e. The van der Waals surface area contributed by atoms with Gasteiger partial charge in [0.2, 0.25) is 0 Å². The minimum atomic E-state index is -4.74. The van der Waals surface area contributed by atoms with E-state index in [1.165, 1.54) is 0 Å². The molecule has 8 heteroatoms. The van der Waals surface area contributed by atoms with Crippen LogP contribution in [0.1, 0.15) is 30.1 Å². The van der Waals surface area contributed by atoms with Crippen LogP contribution >= 0.6 is 0 Å². The van der Waals surface area contributed by atoms with E-state index in [4.69, 9.17) is 0 Å². The molecule has 0 saturated heterocycles. The molecule has 2 nitrogen and oxygen atoms in total. The highest BCUT2D eigenvalue weighted by Crippen LogP contribution is 2.36. The molecule has 0 fully saturated rings. The Bertz CT molecular complexity index is 400. The first-order valence-electron chi connectivity index (χ1n) is 4.87. The van der Waals surface area contributed by atoms with Gasteiger partial charge in [0, 0.05) is 24.4 Å². The van der Waals surface area contributed by atoms with Crippen molar-refractivity contribution in [3.05, 3.63) is 29.6 Å². The molecule has 1 N–H and O–H groups in total. The standard InChI is InChI=1S/C10H9F6NO/c11-9(12,13)3-1-8(18)6-5-17-4-2-7(6)10(14,15)16/h2,4-5,8,18H,1,3H2. The molecule has 0 aliphatic carbocycles. The average Bonchev–Trinajstić information content (AvgIpc) is 2.24. The first-order valence-corrected chi connectivity index (χ1v) is 4.87. The highest BCUT2D eigenvalue weighted by Gasteiger charge is 2.36. The summed E-state index contributed by atoms with van der Waals surface area (Å²) in [6, 6.07) is 0.617. The van der Waals surface area contributed by atoms with Crippen LogP contribution in [0.15, 0.2) is 18.5 Å². The van der Waals surface area contributed by atoms with Crippen LogP contribution in [0.2, 0.25) is 0 Å². The van der Waals surface area contributed by atoms with Crippen molar-refractivity contribution in [1.82, 2.24) is 4.98 Å². The van der Waals surface area contributed by atoms with Gasteiger partial charge in [-0.1, -0.05) is 0 Å². The van der Waals surface area contributed by atoms with E-state index in [-0.39, 0.29) is 0 Å². The van der Waals surface area contributed by atoms with Crippen LogP contribution in [0.5, 0.6) is 0 Å². The number of halogens is 6. The predicted molar refractivity (Wildman–Crippen MR) is 49.5 cm³/mol. The highest BCUT2D eigenvalue weighted by molar-refractivity contribution is 5.28. The zero-order chi connectivity index (χ0) is 14.0. The van der Waals surface area contributed by atoms with Gasteiger partial charge < -0.3 is 5.11 Å². The molecule has 0 aliphatic heterocycles. The van der Waals surface area contributed by atoms with E-state index in [9.17, 15) is 31.4 Å². The van der Waals surface area contributed by atoms with Crippen LogP contribution in [-0.4, -0.2) is 16.3 Å². The third-order valence-corrected chi connectivity index (χ3v) is 2.22. The van der Waals surface area contributed by atoms with Crippen molar-refractivity contribution in [3.63, 3.8) is 0 Å². The summed E-state index contributed by atoms with van der Waals surface area (Å²) < 4.78 is 73.3. The molecule has 0 spiro atoms. The maximum atomic E-state index is 12.5. The van der Waals surface area contributed by atoms with Gasteiger partial charge in [0.05, 0.1) is 11.7 Å². The van der Waals surface area contributed by atoms with Gasteiger partial charge in [-0.15, -0.1) is 0 Å². The molecular formula is C10H9F6NO. The van der Waals surface area contributed by atoms with Gasteiger partial charge in [-0.2, -0.15) is 26.3 Å². The predicted octanol–water partition coefficient (Wildman–Crippen LogP) is 3.48. The number of nitrogens with zero attached hydrogens (tertiary/aromatic N) is 1. The highest BCUT2D eigenvalue weighted by atomic mass is 19.4. The second kappa shape index (κ2) is 5.13. The molecule has 0 aromatic carbocycles. The van der Waals surface area contributed by atoms with Gasteiger partial charge in [0.15, 0.2) is 0 Å². The lowest BCUT2D eigenvalue weighted by molar-refractivity contribution is -0.143. The lowest BCUT2D eigenvalue weighted by Crippen LogP contribution is -2.15. The fourth-order valence-electron chi connectivity index (χ4n) is 1.39. The first kappa shape index (κ1) is 14.7. The van der Waals surface area contributed by atoms with Gasteiger partial charge in [0.25, 0.3) is 0 Å². The average molecular weight is 273 g/mol. The van der Waals surface area contributed by atoms with Crippen molar-refractivity contribution in [2.45, 2.75) is 31.3 Å². The van der Waals surface area contributed by atoms with Crippen LogP contribution < -0.4 is 0 Å². The lowest BCUT2D eigenvalue weighted by atomic mass is 10.0. The Kier molecular flexibility index (Phi) is 4.20. The largest absolute Gasteiger partial charge is 0.416 e. The van der Waals surface area contributed by atoms with Crippen LogP contribution in [-0.2, 0) is 6.18 Å². The molecule has 1 rings (SSSR count). The van der Waals surface area contributed by atoms with E-state index in [0.29, 0.717) is 6.07 Å². The third-order valence-electron chi connectivity index (χ3n) is 2.22. The van der Waals surface area contributed by atoms with Crippen molar-refractivity contribution in [3.8, 4) is 0 Å². The monoisotopic (exact) mass is 273 g/mol. The lowest BCUT2D eigenvalue weighted by Gasteiger charge is -2.17. The summed E-state index contributed by atoms with van der Waals surface area (Å²) in [5.41, 5.74) is -1.82. The molecular weight excluding hydrogens is 264 g/mol. The second-order valence-corrected chi connectivity index (χ2v) is 3.63. The normalized spacial score (nSPS) is 14.6. The van der Waals surface area contributed by atoms with Crippen molar-refractivity contribution in [2.75, 3.05) is 0 Å². The Labute approximate surface area is 98.3 Å². The summed E-state index contributed by atoms with van der Waals surface area (Å²) in [6.45, 7) is 0. The zero-order valence-corrected chi connectivity index (χ0v) is 8.89. The van der Waals surface area contributed by atoms with Crippen LogP contribution in [0, 0.1) is 0 Å². The number of aromatic nitrogens is 1. The quantitative estimate of drug-likeness (QED) is 0.855. The van der Waals surface area contributed by atoms with Crippen molar-refractivity contribution in [2.24, 2.45) is 0 Å². The molecule has 18 heavy (non-hydrogen) atoms. The zero-order valence-electron chi connectivity index (χ0n) is 8.89. The van der Waals surface area contributed by atoms with Crippen molar-refractivity contribution in [1.29, 1.82) is 0 Å². The van der Waals surface area contributed by atoms with E-state index >= 15 is 0 Å². The molecule has 0 saturated carbocycles. The summed E-state index contributed by atoms with van der Waals surface area (Å²) in [5, 5.41) is 9.39. The Morgan fingerprint density at radius 2 is 1.78 bits per heavy atom. The van der Waals surface area contributed by atoms with Gasteiger partial charge in [0.1, 0.15) is 0 Å². The number of pyridine rings is 1. The van der Waals surface area contributed by atoms with E-state index in [1.54, 1.807) is 0 Å². The van der Waals surface area contributed by atoms with Crippen LogP contribution in [0.4, 0.5) is 26.3 Å². The molecule has 0 aliphatic rings. The van der Waals surface area contributed by atoms with E-state index in [2.05, 4.69) is 4.98 Å². The minimum absolute atomic E-state index is 0.617. The van der Waals surface area contributed by atoms with Crippen molar-refractivity contribution >= 4 is 0 Å². The van der Waals surface area contributed by atoms with E-state index < -0.39 is 42.4 Å². The molecule has 1 unspecified atom stereocenters. The number of hydrogen-bond acceptors (Lipinski definition) is 2. The molecule has 0 radical (unpaired) electrons. The van der Waals surface area contributed by atoms with Gasteiger partial charge in [-0.05, 0) is 12.5 Å². The SMILES string of the molecule is OC(CCC(F)(F)F)c1cnccc1C(F)(F)F. The second-order valence-electron chi connectivity index (χ2n) is 3.63. The summed E-state index contributed by atoms with van der Waals surface area (Å²) in [7, 11) is 0. The van der Waals surface area contributed by atoms with Crippen LogP contribution in [0.25, 0.3) is 0 Å². The maximum absolute atomic E-state index is 12.5. The summed E-state index contributed by atoms with van der Waals surface area (Å²) in [5.74, 6) is 0. The number of rotatable bonds is 3. The minimum Gasteiger partial charge on any atom is -0.388 e. The summed E-state index contributed by atoms with van der Waals surface area (Å²) in [6.07, 6.45) is -11.7. The number of hydrogen-bond donors (Lipinski definition) is 1. The summed E-state index contributed by atoms with van der Waals surface area (Å²) >= 11 is 0. The van der Waals surface area contributed by atoms with Crippen molar-refractivity contribution < 1.29 is 31.4 Å². The third kappa shape index (κ3) is 4.17. The molecule has 0 bridgehead atoms. The molecule has 1 aromatic heterocycles. The topological polar surface area (TPSA) is 33.1 Å². The molecule has 1 atom stereocenters. The van der Waals surface area contributed by atoms with Gasteiger partial charge in [-0.3, -0.25) is 4.98 Å². The van der Waals surface area contributed by atoms with E-state index in [1.807, 2.05) is 0 Å². The fraction of sp³-hybridized carbons (Fsp3) is 0.500. The van der Waals surface area contributed by atoms with Gasteiger partial charge in [-0.25, -0.2) is 0 Å². The number of alkyl halides is 6. The Morgan fingerprint density at radius 3 is 2.28 bits per heavy atom. The summed E-state index contributed by atoms with van der Waals surface area (Å²) in [4.78, 5) is 3.38. The van der Waals surface area contributed by atoms with Crippen LogP contribution in [0.3, 0.4) is 0 Å². The number of aliphatic hydroxyl groups excluding tert-OH is 1. The maximum Gasteiger partial charge on any atom is 0.416 e. The Balaban J connectivity index is 2.89. The Morgan fingerprint density at radius 1 is 1.17 bits per heavy atom. The molecule has 102 valence electrons.